The summed E-state index contributed by atoms with van der Waals surface area (Å²) in [5, 5.41) is 12.5. The van der Waals surface area contributed by atoms with Crippen molar-refractivity contribution >= 4 is 45.3 Å². The Balaban J connectivity index is 1.34. The molecule has 242 valence electrons. The fourth-order valence-electron chi connectivity index (χ4n) is 7.44. The smallest absolute Gasteiger partial charge is 0.407 e. The Morgan fingerprint density at radius 3 is 2.83 bits per heavy atom. The fraction of sp³-hybridized carbons (Fsp3) is 0.531. The lowest BCUT2D eigenvalue weighted by Crippen LogP contribution is -2.48. The number of fused-ring (bicyclic) bond motifs is 6. The van der Waals surface area contributed by atoms with Gasteiger partial charge < -0.3 is 24.6 Å². The van der Waals surface area contributed by atoms with E-state index in [4.69, 9.17) is 36.0 Å². The van der Waals surface area contributed by atoms with E-state index in [0.717, 1.165) is 46.9 Å². The van der Waals surface area contributed by atoms with Crippen molar-refractivity contribution in [3.8, 4) is 17.3 Å². The number of aromatic nitrogens is 5. The van der Waals surface area contributed by atoms with Crippen LogP contribution < -0.4 is 15.0 Å². The van der Waals surface area contributed by atoms with Crippen molar-refractivity contribution in [3.05, 3.63) is 34.6 Å². The molecule has 3 aromatic heterocycles. The van der Waals surface area contributed by atoms with Crippen molar-refractivity contribution in [3.63, 3.8) is 0 Å². The Labute approximate surface area is 269 Å². The highest BCUT2D eigenvalue weighted by Crippen LogP contribution is 2.57. The third kappa shape index (κ3) is 4.90. The lowest BCUT2D eigenvalue weighted by Gasteiger charge is -2.34. The number of piperidine rings is 1. The van der Waals surface area contributed by atoms with Crippen molar-refractivity contribution in [2.75, 3.05) is 45.2 Å². The Morgan fingerprint density at radius 2 is 2.04 bits per heavy atom. The predicted molar refractivity (Wildman–Crippen MR) is 169 cm³/mol. The van der Waals surface area contributed by atoms with Crippen LogP contribution in [0.2, 0.25) is 5.02 Å². The van der Waals surface area contributed by atoms with E-state index < -0.39 is 24.0 Å². The van der Waals surface area contributed by atoms with Gasteiger partial charge >= 0.3 is 12.1 Å². The van der Waals surface area contributed by atoms with Gasteiger partial charge in [-0.2, -0.15) is 15.1 Å². The van der Waals surface area contributed by atoms with Gasteiger partial charge in [0, 0.05) is 53.4 Å². The van der Waals surface area contributed by atoms with E-state index in [-0.39, 0.29) is 30.4 Å². The number of nitrogens with one attached hydrogen (secondary N) is 2. The first-order chi connectivity index (χ1) is 22.0. The molecule has 3 fully saturated rings. The number of likely N-dealkylation sites (N-methyl/N-ethyl adjacent to an activating group) is 1. The molecule has 3 aliphatic heterocycles. The Hall–Kier alpha value is -3.84. The monoisotopic (exact) mass is 652 g/mol. The van der Waals surface area contributed by atoms with Crippen LogP contribution in [-0.4, -0.2) is 94.0 Å². The van der Waals surface area contributed by atoms with Crippen LogP contribution in [-0.2, 0) is 4.74 Å². The summed E-state index contributed by atoms with van der Waals surface area (Å²) >= 11 is 6.98. The minimum Gasteiger partial charge on any atom is -0.450 e. The van der Waals surface area contributed by atoms with Crippen molar-refractivity contribution < 1.29 is 23.0 Å². The lowest BCUT2D eigenvalue weighted by atomic mass is 9.92. The third-order valence-electron chi connectivity index (χ3n) is 9.88. The molecule has 2 saturated carbocycles. The van der Waals surface area contributed by atoms with Gasteiger partial charge in [0.25, 0.3) is 5.92 Å². The van der Waals surface area contributed by atoms with Crippen LogP contribution in [0.3, 0.4) is 0 Å². The number of amides is 1. The van der Waals surface area contributed by atoms with Gasteiger partial charge in [0.15, 0.2) is 5.60 Å². The largest absolute Gasteiger partial charge is 0.450 e. The number of halogens is 3. The number of alkyl halides is 2. The molecule has 1 aromatic carbocycles. The molecular formula is C32H35ClF2N8O3. The third-order valence-corrected chi connectivity index (χ3v) is 10.2. The molecule has 14 heteroatoms. The van der Waals surface area contributed by atoms with Crippen LogP contribution in [0.5, 0.6) is 6.01 Å². The van der Waals surface area contributed by atoms with Gasteiger partial charge in [-0.15, -0.1) is 0 Å². The standard InChI is InChI=1S/C32H35ClF2N8O3/c1-16-26-21-11-36-27(16)25-20-12-37-41-23(20)10-22(33)24(25)19-9-17(19)6-8-45-30(44)38-18-5-4-7-43(13-18)28(21)40-29(39-26)46-31(15-42(2)3)14-32(31,34)35/h10-12,17-19H,4-9,13-15H2,1-3H3,(H,37,41)(H,38,44). The summed E-state index contributed by atoms with van der Waals surface area (Å²) in [5.41, 5.74) is 2.89. The molecule has 1 saturated heterocycles. The second-order valence-corrected chi connectivity index (χ2v) is 13.9. The first kappa shape index (κ1) is 29.6. The van der Waals surface area contributed by atoms with E-state index in [0.29, 0.717) is 53.6 Å². The van der Waals surface area contributed by atoms with Crippen LogP contribution in [0.25, 0.3) is 33.1 Å². The quantitative estimate of drug-likeness (QED) is 0.296. The number of ether oxygens (including phenoxy) is 2. The first-order valence-electron chi connectivity index (χ1n) is 15.8. The van der Waals surface area contributed by atoms with Crippen molar-refractivity contribution in [2.45, 2.75) is 62.5 Å². The number of alkyl carbamates (subject to hydrolysis) is 1. The van der Waals surface area contributed by atoms with E-state index in [2.05, 4.69) is 15.5 Å². The average molecular weight is 653 g/mol. The maximum absolute atomic E-state index is 14.9. The summed E-state index contributed by atoms with van der Waals surface area (Å²) in [7, 11) is 3.47. The van der Waals surface area contributed by atoms with Crippen LogP contribution in [0, 0.1) is 12.8 Å². The van der Waals surface area contributed by atoms with Crippen molar-refractivity contribution in [1.29, 1.82) is 0 Å². The second-order valence-electron chi connectivity index (χ2n) is 13.5. The van der Waals surface area contributed by atoms with E-state index in [1.165, 1.54) is 0 Å². The van der Waals surface area contributed by atoms with E-state index in [1.807, 2.05) is 17.9 Å². The Bertz CT molecular complexity index is 1890. The predicted octanol–water partition coefficient (Wildman–Crippen LogP) is 5.45. The van der Waals surface area contributed by atoms with E-state index in [9.17, 15) is 13.6 Å². The molecule has 2 N–H and O–H groups in total. The summed E-state index contributed by atoms with van der Waals surface area (Å²) in [4.78, 5) is 31.1. The number of H-pyrrole nitrogens is 1. The molecule has 6 bridgehead atoms. The SMILES string of the molecule is Cc1c2ncc3c(nc(OC4(CN(C)C)CC4(F)F)nc13)N1CCCC(C1)NC(=O)OCCC1CC1c1c(Cl)cc3[nH]ncc3c1-2. The van der Waals surface area contributed by atoms with Crippen LogP contribution in [0.1, 0.15) is 49.1 Å². The van der Waals surface area contributed by atoms with Crippen LogP contribution in [0.4, 0.5) is 19.4 Å². The number of carbonyl (C=O) groups is 1. The molecule has 0 spiro atoms. The number of aryl methyl sites for hydroxylation is 1. The van der Waals surface area contributed by atoms with E-state index in [1.54, 1.807) is 31.4 Å². The summed E-state index contributed by atoms with van der Waals surface area (Å²) in [5.74, 6) is -2.05. The minimum atomic E-state index is -3.01. The highest BCUT2D eigenvalue weighted by molar-refractivity contribution is 6.33. The summed E-state index contributed by atoms with van der Waals surface area (Å²) in [6, 6.07) is 1.59. The number of anilines is 1. The maximum Gasteiger partial charge on any atom is 0.407 e. The number of hydrogen-bond donors (Lipinski definition) is 2. The molecule has 4 atom stereocenters. The number of aromatic amines is 1. The summed E-state index contributed by atoms with van der Waals surface area (Å²) < 4.78 is 41.4. The highest BCUT2D eigenvalue weighted by atomic mass is 35.5. The molecule has 6 heterocycles. The molecule has 9 rings (SSSR count). The number of rotatable bonds is 4. The molecule has 0 radical (unpaired) electrons. The fourth-order valence-corrected chi connectivity index (χ4v) is 7.79. The summed E-state index contributed by atoms with van der Waals surface area (Å²) in [6.07, 6.45) is 5.83. The Kier molecular flexibility index (Phi) is 6.81. The second kappa shape index (κ2) is 10.6. The number of pyridine rings is 1. The number of nitrogens with zero attached hydrogens (tertiary/aromatic N) is 6. The Morgan fingerprint density at radius 1 is 1.22 bits per heavy atom. The van der Waals surface area contributed by atoms with Gasteiger partial charge in [0.2, 0.25) is 0 Å². The van der Waals surface area contributed by atoms with Gasteiger partial charge in [0.1, 0.15) is 5.82 Å². The van der Waals surface area contributed by atoms with Crippen LogP contribution >= 0.6 is 11.6 Å². The molecule has 5 aliphatic rings. The molecule has 46 heavy (non-hydrogen) atoms. The zero-order valence-electron chi connectivity index (χ0n) is 25.9. The molecule has 1 amide bonds. The molecular weight excluding hydrogens is 618 g/mol. The zero-order valence-corrected chi connectivity index (χ0v) is 26.6. The number of carbonyl (C=O) groups excluding carboxylic acids is 1. The van der Waals surface area contributed by atoms with Gasteiger partial charge in [-0.1, -0.05) is 11.6 Å². The zero-order chi connectivity index (χ0) is 32.0. The first-order valence-corrected chi connectivity index (χ1v) is 16.1. The number of hydrogen-bond acceptors (Lipinski definition) is 9. The average Bonchev–Trinajstić information content (AvgIpc) is 3.78. The molecule has 2 aliphatic carbocycles. The molecule has 4 aromatic rings. The van der Waals surface area contributed by atoms with Crippen LogP contribution in [0.15, 0.2) is 18.5 Å². The van der Waals surface area contributed by atoms with Gasteiger partial charge in [-0.25, -0.2) is 13.6 Å². The highest BCUT2D eigenvalue weighted by Gasteiger charge is 2.74. The lowest BCUT2D eigenvalue weighted by molar-refractivity contribution is -0.00601. The maximum atomic E-state index is 14.9. The molecule has 11 nitrogen and oxygen atoms in total. The minimum absolute atomic E-state index is 0.0159. The van der Waals surface area contributed by atoms with E-state index >= 15 is 0 Å². The van der Waals surface area contributed by atoms with Crippen molar-refractivity contribution in [2.24, 2.45) is 5.92 Å². The van der Waals surface area contributed by atoms with Gasteiger partial charge in [-0.05, 0) is 70.2 Å². The van der Waals surface area contributed by atoms with Gasteiger partial charge in [-0.3, -0.25) is 10.1 Å². The molecule has 4 unspecified atom stereocenters. The number of benzene rings is 1. The normalized spacial score (nSPS) is 26.9. The topological polar surface area (TPSA) is 121 Å². The van der Waals surface area contributed by atoms with Crippen molar-refractivity contribution in [1.82, 2.24) is 35.4 Å². The van der Waals surface area contributed by atoms with Gasteiger partial charge in [0.05, 0.1) is 41.3 Å². The summed E-state index contributed by atoms with van der Waals surface area (Å²) in [6.45, 7) is 3.37.